The van der Waals surface area contributed by atoms with Crippen molar-refractivity contribution in [2.45, 2.75) is 18.5 Å². The molecule has 150 valence electrons. The van der Waals surface area contributed by atoms with Gasteiger partial charge in [-0.25, -0.2) is 0 Å². The van der Waals surface area contributed by atoms with Crippen LogP contribution in [0.3, 0.4) is 0 Å². The number of carbonyl (C=O) groups is 2. The van der Waals surface area contributed by atoms with E-state index in [0.29, 0.717) is 48.7 Å². The standard InChI is InChI=1S/C22H23N3O4/c1-28-16-7-5-6-15(14-16)19-20(26)24-22(23-19)10-12-25(13-11-22)21(27)17-8-3-4-9-18(17)29-2/h3-9,14H,10-13H2,1-2H3,(H,24,26). The van der Waals surface area contributed by atoms with E-state index in [1.54, 1.807) is 37.3 Å². The summed E-state index contributed by atoms with van der Waals surface area (Å²) in [5, 5.41) is 3.03. The maximum Gasteiger partial charge on any atom is 0.272 e. The zero-order valence-electron chi connectivity index (χ0n) is 16.5. The number of amides is 2. The van der Waals surface area contributed by atoms with Crippen LogP contribution in [0.1, 0.15) is 28.8 Å². The van der Waals surface area contributed by atoms with Crippen LogP contribution in [0.2, 0.25) is 0 Å². The lowest BCUT2D eigenvalue weighted by Crippen LogP contribution is -2.52. The van der Waals surface area contributed by atoms with Crippen molar-refractivity contribution in [1.82, 2.24) is 10.2 Å². The van der Waals surface area contributed by atoms with Gasteiger partial charge in [-0.3, -0.25) is 14.6 Å². The highest BCUT2D eigenvalue weighted by Gasteiger charge is 2.43. The van der Waals surface area contributed by atoms with Crippen LogP contribution in [0.4, 0.5) is 0 Å². The van der Waals surface area contributed by atoms with E-state index in [4.69, 9.17) is 14.5 Å². The van der Waals surface area contributed by atoms with E-state index >= 15 is 0 Å². The van der Waals surface area contributed by atoms with Gasteiger partial charge in [-0.1, -0.05) is 24.3 Å². The lowest BCUT2D eigenvalue weighted by atomic mass is 9.97. The second-order valence-electron chi connectivity index (χ2n) is 7.17. The van der Waals surface area contributed by atoms with Crippen molar-refractivity contribution < 1.29 is 19.1 Å². The van der Waals surface area contributed by atoms with Crippen LogP contribution in [0, 0.1) is 0 Å². The van der Waals surface area contributed by atoms with E-state index in [9.17, 15) is 9.59 Å². The molecule has 29 heavy (non-hydrogen) atoms. The smallest absolute Gasteiger partial charge is 0.272 e. The molecule has 0 aromatic heterocycles. The van der Waals surface area contributed by atoms with Gasteiger partial charge in [0, 0.05) is 31.5 Å². The number of hydrogen-bond acceptors (Lipinski definition) is 5. The first-order chi connectivity index (χ1) is 14.0. The van der Waals surface area contributed by atoms with Crippen molar-refractivity contribution in [3.8, 4) is 11.5 Å². The fourth-order valence-corrected chi connectivity index (χ4v) is 3.84. The first-order valence-electron chi connectivity index (χ1n) is 9.54. The molecular weight excluding hydrogens is 370 g/mol. The molecule has 1 fully saturated rings. The number of para-hydroxylation sites is 1. The number of ether oxygens (including phenoxy) is 2. The monoisotopic (exact) mass is 393 g/mol. The highest BCUT2D eigenvalue weighted by atomic mass is 16.5. The Balaban J connectivity index is 1.51. The largest absolute Gasteiger partial charge is 0.497 e. The fourth-order valence-electron chi connectivity index (χ4n) is 3.84. The van der Waals surface area contributed by atoms with Gasteiger partial charge in [0.2, 0.25) is 0 Å². The number of methoxy groups -OCH3 is 2. The van der Waals surface area contributed by atoms with Crippen molar-refractivity contribution in [1.29, 1.82) is 0 Å². The average Bonchev–Trinajstić information content (AvgIpc) is 3.09. The topological polar surface area (TPSA) is 80.2 Å². The molecule has 0 radical (unpaired) electrons. The fraction of sp³-hybridized carbons (Fsp3) is 0.318. The number of aliphatic imine (C=N–C) groups is 1. The summed E-state index contributed by atoms with van der Waals surface area (Å²) >= 11 is 0. The van der Waals surface area contributed by atoms with Crippen molar-refractivity contribution >= 4 is 17.5 Å². The molecule has 2 aliphatic heterocycles. The Morgan fingerprint density at radius 2 is 1.83 bits per heavy atom. The molecule has 0 unspecified atom stereocenters. The molecule has 7 heteroatoms. The molecule has 0 saturated carbocycles. The van der Waals surface area contributed by atoms with Gasteiger partial charge in [0.15, 0.2) is 0 Å². The predicted molar refractivity (Wildman–Crippen MR) is 109 cm³/mol. The Morgan fingerprint density at radius 1 is 1.07 bits per heavy atom. The van der Waals surface area contributed by atoms with Gasteiger partial charge >= 0.3 is 0 Å². The zero-order valence-corrected chi connectivity index (χ0v) is 16.5. The zero-order chi connectivity index (χ0) is 20.4. The number of nitrogens with one attached hydrogen (secondary N) is 1. The minimum absolute atomic E-state index is 0.0707. The molecule has 1 N–H and O–H groups in total. The van der Waals surface area contributed by atoms with E-state index in [0.717, 1.165) is 5.56 Å². The third-order valence-corrected chi connectivity index (χ3v) is 5.45. The molecule has 0 aliphatic carbocycles. The molecule has 2 aromatic carbocycles. The van der Waals surface area contributed by atoms with Crippen LogP contribution >= 0.6 is 0 Å². The number of piperidine rings is 1. The molecule has 1 saturated heterocycles. The van der Waals surface area contributed by atoms with Crippen molar-refractivity contribution in [2.24, 2.45) is 4.99 Å². The Morgan fingerprint density at radius 3 is 2.55 bits per heavy atom. The third-order valence-electron chi connectivity index (χ3n) is 5.45. The summed E-state index contributed by atoms with van der Waals surface area (Å²) < 4.78 is 10.6. The molecule has 2 aliphatic rings. The Bertz CT molecular complexity index is 978. The van der Waals surface area contributed by atoms with Gasteiger partial charge in [0.1, 0.15) is 22.9 Å². The van der Waals surface area contributed by atoms with Crippen LogP contribution in [0.5, 0.6) is 11.5 Å². The quantitative estimate of drug-likeness (QED) is 0.864. The molecule has 7 nitrogen and oxygen atoms in total. The van der Waals surface area contributed by atoms with E-state index in [1.807, 2.05) is 30.3 Å². The highest BCUT2D eigenvalue weighted by Crippen LogP contribution is 2.31. The van der Waals surface area contributed by atoms with Gasteiger partial charge < -0.3 is 19.7 Å². The number of hydrogen-bond donors (Lipinski definition) is 1. The van der Waals surface area contributed by atoms with E-state index < -0.39 is 5.66 Å². The summed E-state index contributed by atoms with van der Waals surface area (Å²) in [5.41, 5.74) is 1.02. The predicted octanol–water partition coefficient (Wildman–Crippen LogP) is 2.26. The van der Waals surface area contributed by atoms with Crippen molar-refractivity contribution in [2.75, 3.05) is 27.3 Å². The first-order valence-corrected chi connectivity index (χ1v) is 9.54. The molecule has 1 spiro atoms. The van der Waals surface area contributed by atoms with Crippen LogP contribution in [0.25, 0.3) is 0 Å². The Labute approximate surface area is 169 Å². The van der Waals surface area contributed by atoms with E-state index in [2.05, 4.69) is 5.32 Å². The summed E-state index contributed by atoms with van der Waals surface area (Å²) in [5.74, 6) is 0.975. The number of likely N-dealkylation sites (tertiary alicyclic amines) is 1. The number of carbonyl (C=O) groups excluding carboxylic acids is 2. The van der Waals surface area contributed by atoms with Crippen LogP contribution in [-0.4, -0.2) is 55.4 Å². The Kier molecular flexibility index (Phi) is 4.96. The highest BCUT2D eigenvalue weighted by molar-refractivity contribution is 6.46. The van der Waals surface area contributed by atoms with Gasteiger partial charge in [-0.2, -0.15) is 0 Å². The second kappa shape index (κ2) is 7.58. The minimum Gasteiger partial charge on any atom is -0.497 e. The molecule has 0 atom stereocenters. The summed E-state index contributed by atoms with van der Waals surface area (Å²) in [6.07, 6.45) is 1.13. The summed E-state index contributed by atoms with van der Waals surface area (Å²) in [6, 6.07) is 14.5. The summed E-state index contributed by atoms with van der Waals surface area (Å²) in [6.45, 7) is 1.01. The number of rotatable bonds is 4. The third kappa shape index (κ3) is 3.55. The van der Waals surface area contributed by atoms with Gasteiger partial charge in [0.05, 0.1) is 19.8 Å². The molecule has 2 amide bonds. The second-order valence-corrected chi connectivity index (χ2v) is 7.17. The number of benzene rings is 2. The van der Waals surface area contributed by atoms with Gasteiger partial charge in [-0.05, 0) is 24.3 Å². The van der Waals surface area contributed by atoms with E-state index in [-0.39, 0.29) is 11.8 Å². The average molecular weight is 393 g/mol. The maximum atomic E-state index is 12.9. The number of nitrogens with zero attached hydrogens (tertiary/aromatic N) is 2. The maximum absolute atomic E-state index is 12.9. The van der Waals surface area contributed by atoms with Gasteiger partial charge in [-0.15, -0.1) is 0 Å². The normalized spacial score (nSPS) is 17.7. The molecule has 0 bridgehead atoms. The summed E-state index contributed by atoms with van der Waals surface area (Å²) in [7, 11) is 3.14. The molecule has 2 aromatic rings. The van der Waals surface area contributed by atoms with Crippen molar-refractivity contribution in [3.63, 3.8) is 0 Å². The first kappa shape index (κ1) is 19.0. The summed E-state index contributed by atoms with van der Waals surface area (Å²) in [4.78, 5) is 32.0. The van der Waals surface area contributed by atoms with E-state index in [1.165, 1.54) is 0 Å². The van der Waals surface area contributed by atoms with Crippen LogP contribution in [0.15, 0.2) is 53.5 Å². The van der Waals surface area contributed by atoms with Crippen LogP contribution in [-0.2, 0) is 4.79 Å². The lowest BCUT2D eigenvalue weighted by Gasteiger charge is -2.37. The Hall–Kier alpha value is -3.35. The molecule has 4 rings (SSSR count). The molecule has 2 heterocycles. The molecular formula is C22H23N3O4. The van der Waals surface area contributed by atoms with Gasteiger partial charge in [0.25, 0.3) is 11.8 Å². The minimum atomic E-state index is -0.660. The SMILES string of the molecule is COc1cccc(C2=NC3(CCN(C(=O)c4ccccc4OC)CC3)NC2=O)c1. The van der Waals surface area contributed by atoms with Crippen molar-refractivity contribution in [3.05, 3.63) is 59.7 Å². The lowest BCUT2D eigenvalue weighted by molar-refractivity contribution is -0.115. The van der Waals surface area contributed by atoms with Crippen LogP contribution < -0.4 is 14.8 Å².